The van der Waals surface area contributed by atoms with Crippen LogP contribution in [0.4, 0.5) is 0 Å². The van der Waals surface area contributed by atoms with E-state index in [1.165, 1.54) is 27.8 Å². The van der Waals surface area contributed by atoms with E-state index in [9.17, 15) is 4.79 Å². The Labute approximate surface area is 149 Å². The van der Waals surface area contributed by atoms with Crippen LogP contribution in [0.1, 0.15) is 47.3 Å². The minimum absolute atomic E-state index is 0. The maximum Gasteiger partial charge on any atom is 0.338 e. The Morgan fingerprint density at radius 3 is 2.79 bits per heavy atom. The molecule has 0 aliphatic heterocycles. The van der Waals surface area contributed by atoms with Gasteiger partial charge in [0.05, 0.1) is 12.2 Å². The minimum atomic E-state index is -0.248. The molecule has 1 heterocycles. The fourth-order valence-electron chi connectivity index (χ4n) is 3.12. The molecule has 0 spiro atoms. The highest BCUT2D eigenvalue weighted by molar-refractivity contribution is 5.91. The molecule has 0 fully saturated rings. The lowest BCUT2D eigenvalue weighted by atomic mass is 9.83. The quantitative estimate of drug-likeness (QED) is 0.759. The predicted octanol–water partition coefficient (Wildman–Crippen LogP) is 4.64. The van der Waals surface area contributed by atoms with Gasteiger partial charge >= 0.3 is 5.97 Å². The van der Waals surface area contributed by atoms with E-state index >= 15 is 0 Å². The van der Waals surface area contributed by atoms with Crippen LogP contribution in [0.25, 0.3) is 5.57 Å². The van der Waals surface area contributed by atoms with Crippen LogP contribution < -0.4 is 0 Å². The summed E-state index contributed by atoms with van der Waals surface area (Å²) in [5.41, 5.74) is 7.05. The number of carbonyl (C=O) groups is 1. The molecule has 2 aromatic rings. The van der Waals surface area contributed by atoms with Crippen LogP contribution in [-0.4, -0.2) is 17.6 Å². The third kappa shape index (κ3) is 3.85. The Morgan fingerprint density at radius 2 is 2.08 bits per heavy atom. The van der Waals surface area contributed by atoms with Gasteiger partial charge in [0.1, 0.15) is 0 Å². The van der Waals surface area contributed by atoms with Crippen molar-refractivity contribution in [2.75, 3.05) is 6.61 Å². The molecule has 1 aromatic carbocycles. The van der Waals surface area contributed by atoms with Gasteiger partial charge in [0.25, 0.3) is 0 Å². The van der Waals surface area contributed by atoms with Crippen LogP contribution in [0.15, 0.2) is 48.3 Å². The average Bonchev–Trinajstić information content (AvgIpc) is 2.58. The number of aryl methyl sites for hydroxylation is 1. The second kappa shape index (κ2) is 8.11. The lowest BCUT2D eigenvalue weighted by molar-refractivity contribution is 0.0526. The Bertz CT molecular complexity index is 753. The van der Waals surface area contributed by atoms with E-state index in [4.69, 9.17) is 4.74 Å². The summed E-state index contributed by atoms with van der Waals surface area (Å²) in [5.74, 6) is -0.248. The highest BCUT2D eigenvalue weighted by atomic mass is 35.5. The van der Waals surface area contributed by atoms with Gasteiger partial charge < -0.3 is 4.74 Å². The molecule has 126 valence electrons. The lowest BCUT2D eigenvalue weighted by Gasteiger charge is -2.22. The van der Waals surface area contributed by atoms with Crippen LogP contribution >= 0.6 is 12.4 Å². The number of allylic oxidation sites excluding steroid dienone is 2. The first-order chi connectivity index (χ1) is 11.2. The lowest BCUT2D eigenvalue weighted by Crippen LogP contribution is -2.09. The molecule has 24 heavy (non-hydrogen) atoms. The Morgan fingerprint density at radius 1 is 1.25 bits per heavy atom. The van der Waals surface area contributed by atoms with Crippen molar-refractivity contribution in [3.05, 3.63) is 70.6 Å². The van der Waals surface area contributed by atoms with Crippen molar-refractivity contribution < 1.29 is 9.53 Å². The van der Waals surface area contributed by atoms with Gasteiger partial charge in [-0.2, -0.15) is 0 Å². The zero-order valence-corrected chi connectivity index (χ0v) is 14.9. The summed E-state index contributed by atoms with van der Waals surface area (Å²) in [6.07, 6.45) is 6.72. The van der Waals surface area contributed by atoms with Gasteiger partial charge in [-0.3, -0.25) is 4.98 Å². The molecule has 0 bridgehead atoms. The van der Waals surface area contributed by atoms with E-state index in [-0.39, 0.29) is 18.4 Å². The highest BCUT2D eigenvalue weighted by Gasteiger charge is 2.18. The Hall–Kier alpha value is -2.13. The van der Waals surface area contributed by atoms with Crippen LogP contribution in [0.3, 0.4) is 0 Å². The largest absolute Gasteiger partial charge is 0.462 e. The van der Waals surface area contributed by atoms with Gasteiger partial charge in [0.2, 0.25) is 0 Å². The van der Waals surface area contributed by atoms with Crippen molar-refractivity contribution in [3.8, 4) is 0 Å². The van der Waals surface area contributed by atoms with E-state index in [0.717, 1.165) is 19.3 Å². The number of aromatic nitrogens is 1. The summed E-state index contributed by atoms with van der Waals surface area (Å²) in [6, 6.07) is 9.99. The average molecular weight is 344 g/mol. The SMILES string of the molecule is CCOC(=O)c1ccc2c(c1)C(C)=C(Cc1cccnc1)CC2.Cl. The molecule has 1 aliphatic carbocycles. The zero-order valence-electron chi connectivity index (χ0n) is 14.0. The third-order valence-electron chi connectivity index (χ3n) is 4.39. The summed E-state index contributed by atoms with van der Waals surface area (Å²) in [4.78, 5) is 16.2. The molecule has 3 nitrogen and oxygen atoms in total. The van der Waals surface area contributed by atoms with Crippen molar-refractivity contribution in [1.29, 1.82) is 0 Å². The van der Waals surface area contributed by atoms with Gasteiger partial charge in [-0.25, -0.2) is 4.79 Å². The Balaban J connectivity index is 0.00000208. The monoisotopic (exact) mass is 343 g/mol. The van der Waals surface area contributed by atoms with Crippen molar-refractivity contribution in [2.24, 2.45) is 0 Å². The fraction of sp³-hybridized carbons (Fsp3) is 0.300. The smallest absolute Gasteiger partial charge is 0.338 e. The number of benzene rings is 1. The number of hydrogen-bond acceptors (Lipinski definition) is 3. The van der Waals surface area contributed by atoms with Crippen molar-refractivity contribution in [2.45, 2.75) is 33.1 Å². The number of hydrogen-bond donors (Lipinski definition) is 0. The minimum Gasteiger partial charge on any atom is -0.462 e. The first-order valence-electron chi connectivity index (χ1n) is 8.07. The number of ether oxygens (including phenoxy) is 1. The zero-order chi connectivity index (χ0) is 16.2. The molecule has 0 radical (unpaired) electrons. The van der Waals surface area contributed by atoms with Gasteiger partial charge in [-0.1, -0.05) is 17.7 Å². The predicted molar refractivity (Wildman–Crippen MR) is 98.5 cm³/mol. The second-order valence-corrected chi connectivity index (χ2v) is 5.86. The molecule has 0 atom stereocenters. The van der Waals surface area contributed by atoms with E-state index in [1.807, 2.05) is 31.3 Å². The summed E-state index contributed by atoms with van der Waals surface area (Å²) < 4.78 is 5.11. The maximum absolute atomic E-state index is 12.0. The highest BCUT2D eigenvalue weighted by Crippen LogP contribution is 2.33. The van der Waals surface area contributed by atoms with Crippen molar-refractivity contribution in [3.63, 3.8) is 0 Å². The topological polar surface area (TPSA) is 39.2 Å². The van der Waals surface area contributed by atoms with Gasteiger partial charge in [-0.15, -0.1) is 12.4 Å². The van der Waals surface area contributed by atoms with E-state index in [0.29, 0.717) is 12.2 Å². The summed E-state index contributed by atoms with van der Waals surface area (Å²) in [7, 11) is 0. The summed E-state index contributed by atoms with van der Waals surface area (Å²) in [6.45, 7) is 4.38. The molecule has 1 aliphatic rings. The molecule has 4 heteroatoms. The molecule has 0 saturated heterocycles. The summed E-state index contributed by atoms with van der Waals surface area (Å²) in [5, 5.41) is 0. The molecular weight excluding hydrogens is 322 g/mol. The van der Waals surface area contributed by atoms with Gasteiger partial charge in [0.15, 0.2) is 0 Å². The molecule has 0 saturated carbocycles. The van der Waals surface area contributed by atoms with Crippen LogP contribution in [0.2, 0.25) is 0 Å². The maximum atomic E-state index is 12.0. The van der Waals surface area contributed by atoms with E-state index < -0.39 is 0 Å². The van der Waals surface area contributed by atoms with Crippen molar-refractivity contribution >= 4 is 23.9 Å². The number of esters is 1. The normalized spacial score (nSPS) is 13.1. The molecule has 0 amide bonds. The van der Waals surface area contributed by atoms with Crippen molar-refractivity contribution in [1.82, 2.24) is 4.98 Å². The Kier molecular flexibility index (Phi) is 6.16. The first kappa shape index (κ1) is 18.2. The second-order valence-electron chi connectivity index (χ2n) is 5.86. The van der Waals surface area contributed by atoms with Gasteiger partial charge in [0, 0.05) is 12.4 Å². The van der Waals surface area contributed by atoms with Crippen LogP contribution in [-0.2, 0) is 17.6 Å². The molecule has 1 aromatic heterocycles. The number of halogens is 1. The number of carbonyl (C=O) groups excluding carboxylic acids is 1. The summed E-state index contributed by atoms with van der Waals surface area (Å²) >= 11 is 0. The third-order valence-corrected chi connectivity index (χ3v) is 4.39. The number of pyridine rings is 1. The standard InChI is InChI=1S/C20H21NO2.ClH/c1-3-23-20(22)18-9-7-16-6-8-17(14(2)19(16)12-18)11-15-5-4-10-21-13-15;/h4-5,7,9-10,12-13H,3,6,8,11H2,1-2H3;1H. The first-order valence-corrected chi connectivity index (χ1v) is 8.07. The van der Waals surface area contributed by atoms with Crippen LogP contribution in [0, 0.1) is 0 Å². The van der Waals surface area contributed by atoms with E-state index in [2.05, 4.69) is 24.0 Å². The molecular formula is C20H22ClNO2. The number of nitrogens with zero attached hydrogens (tertiary/aromatic N) is 1. The van der Waals surface area contributed by atoms with E-state index in [1.54, 1.807) is 6.20 Å². The number of fused-ring (bicyclic) bond motifs is 1. The molecule has 3 rings (SSSR count). The number of rotatable bonds is 4. The molecule has 0 unspecified atom stereocenters. The fourth-order valence-corrected chi connectivity index (χ4v) is 3.12. The molecule has 0 N–H and O–H groups in total. The van der Waals surface area contributed by atoms with Gasteiger partial charge in [-0.05, 0) is 73.6 Å². The van der Waals surface area contributed by atoms with Crippen LogP contribution in [0.5, 0.6) is 0 Å².